The second kappa shape index (κ2) is 7.09. The van der Waals surface area contributed by atoms with Crippen molar-refractivity contribution in [2.24, 2.45) is 13.0 Å². The minimum atomic E-state index is 0.510. The van der Waals surface area contributed by atoms with Crippen molar-refractivity contribution in [3.05, 3.63) is 64.8 Å². The lowest BCUT2D eigenvalue weighted by molar-refractivity contribution is -0.659. The molecule has 0 N–H and O–H groups in total. The molecule has 4 aromatic rings. The molecule has 0 bridgehead atoms. The van der Waals surface area contributed by atoms with Crippen LogP contribution in [0.4, 0.5) is 0 Å². The predicted molar refractivity (Wildman–Crippen MR) is 130 cm³/mol. The van der Waals surface area contributed by atoms with Crippen LogP contribution in [0.1, 0.15) is 55.9 Å². The van der Waals surface area contributed by atoms with Crippen LogP contribution in [-0.2, 0) is 13.5 Å². The van der Waals surface area contributed by atoms with E-state index in [2.05, 4.69) is 95.8 Å². The number of pyridine rings is 1. The summed E-state index contributed by atoms with van der Waals surface area (Å²) in [6, 6.07) is 13.8. The van der Waals surface area contributed by atoms with Crippen molar-refractivity contribution >= 4 is 21.5 Å². The van der Waals surface area contributed by atoms with Crippen molar-refractivity contribution in [2.45, 2.75) is 53.9 Å². The highest BCUT2D eigenvalue weighted by atomic mass is 16.5. The number of ether oxygens (including phenoxy) is 1. The third-order valence-electron chi connectivity index (χ3n) is 6.81. The molecule has 0 radical (unpaired) electrons. The lowest BCUT2D eigenvalue weighted by Gasteiger charge is -2.25. The first-order chi connectivity index (χ1) is 14.8. The summed E-state index contributed by atoms with van der Waals surface area (Å²) < 4.78 is 8.97. The van der Waals surface area contributed by atoms with E-state index in [4.69, 9.17) is 4.74 Å². The lowest BCUT2D eigenvalue weighted by atomic mass is 9.87. The fourth-order valence-corrected chi connectivity index (χ4v) is 5.19. The summed E-state index contributed by atoms with van der Waals surface area (Å²) in [6.45, 7) is 13.5. The average molecular weight is 411 g/mol. The van der Waals surface area contributed by atoms with E-state index in [1.54, 1.807) is 0 Å². The van der Waals surface area contributed by atoms with Crippen LogP contribution in [0.25, 0.3) is 32.8 Å². The van der Waals surface area contributed by atoms with Gasteiger partial charge in [0.1, 0.15) is 18.5 Å². The van der Waals surface area contributed by atoms with Gasteiger partial charge < -0.3 is 4.74 Å². The van der Waals surface area contributed by atoms with Crippen molar-refractivity contribution in [2.75, 3.05) is 0 Å². The monoisotopic (exact) mass is 410 g/mol. The van der Waals surface area contributed by atoms with E-state index in [9.17, 15) is 0 Å². The van der Waals surface area contributed by atoms with Crippen LogP contribution in [-0.4, -0.2) is 0 Å². The van der Waals surface area contributed by atoms with Gasteiger partial charge in [0.2, 0.25) is 5.69 Å². The molecule has 2 heteroatoms. The molecular formula is C29H32NO+. The van der Waals surface area contributed by atoms with Crippen molar-refractivity contribution in [1.82, 2.24) is 0 Å². The maximum absolute atomic E-state index is 6.71. The van der Waals surface area contributed by atoms with Crippen LogP contribution in [0.3, 0.4) is 0 Å². The quantitative estimate of drug-likeness (QED) is 0.280. The Hall–Kier alpha value is -2.87. The summed E-state index contributed by atoms with van der Waals surface area (Å²) in [5, 5.41) is 5.12. The SMILES string of the molecule is Cc1c2c(c(C)c3cc(C(C)C)ccc13)-c1c3c(cc(CC(C)C)cc3cc[n+]1C)O2. The van der Waals surface area contributed by atoms with Crippen molar-refractivity contribution in [3.8, 4) is 22.8 Å². The van der Waals surface area contributed by atoms with Gasteiger partial charge in [0, 0.05) is 11.6 Å². The van der Waals surface area contributed by atoms with E-state index in [0.717, 1.165) is 17.9 Å². The van der Waals surface area contributed by atoms with Crippen molar-refractivity contribution in [3.63, 3.8) is 0 Å². The molecule has 0 amide bonds. The van der Waals surface area contributed by atoms with E-state index in [1.807, 2.05) is 0 Å². The molecule has 3 aromatic carbocycles. The highest BCUT2D eigenvalue weighted by molar-refractivity contribution is 6.06. The molecule has 1 aromatic heterocycles. The Morgan fingerprint density at radius 1 is 0.903 bits per heavy atom. The highest BCUT2D eigenvalue weighted by Gasteiger charge is 2.32. The Labute approximate surface area is 185 Å². The first kappa shape index (κ1) is 20.1. The van der Waals surface area contributed by atoms with Gasteiger partial charge in [0.25, 0.3) is 0 Å². The van der Waals surface area contributed by atoms with Crippen LogP contribution in [0, 0.1) is 19.8 Å². The zero-order valence-electron chi connectivity index (χ0n) is 19.8. The third-order valence-corrected chi connectivity index (χ3v) is 6.81. The summed E-state index contributed by atoms with van der Waals surface area (Å²) >= 11 is 0. The zero-order valence-corrected chi connectivity index (χ0v) is 19.8. The number of fused-ring (bicyclic) bond motifs is 3. The smallest absolute Gasteiger partial charge is 0.228 e. The minimum absolute atomic E-state index is 0.510. The highest BCUT2D eigenvalue weighted by Crippen LogP contribution is 2.50. The fourth-order valence-electron chi connectivity index (χ4n) is 5.19. The number of benzene rings is 3. The molecule has 158 valence electrons. The number of aryl methyl sites for hydroxylation is 3. The van der Waals surface area contributed by atoms with E-state index in [1.165, 1.54) is 55.1 Å². The van der Waals surface area contributed by atoms with Gasteiger partial charge in [0.15, 0.2) is 6.20 Å². The van der Waals surface area contributed by atoms with E-state index in [-0.39, 0.29) is 0 Å². The van der Waals surface area contributed by atoms with E-state index in [0.29, 0.717) is 11.8 Å². The minimum Gasteiger partial charge on any atom is -0.455 e. The van der Waals surface area contributed by atoms with Crippen LogP contribution < -0.4 is 9.30 Å². The fraction of sp³-hybridized carbons (Fsp3) is 0.345. The van der Waals surface area contributed by atoms with Gasteiger partial charge in [-0.1, -0.05) is 52.0 Å². The molecule has 0 fully saturated rings. The largest absolute Gasteiger partial charge is 0.455 e. The normalized spacial score (nSPS) is 12.7. The molecule has 0 saturated carbocycles. The number of hydrogen-bond donors (Lipinski definition) is 0. The van der Waals surface area contributed by atoms with Crippen LogP contribution >= 0.6 is 0 Å². The molecule has 5 rings (SSSR count). The molecule has 0 saturated heterocycles. The molecule has 2 nitrogen and oxygen atoms in total. The maximum atomic E-state index is 6.71. The Morgan fingerprint density at radius 3 is 2.39 bits per heavy atom. The number of aromatic nitrogens is 1. The molecular weight excluding hydrogens is 378 g/mol. The van der Waals surface area contributed by atoms with Crippen molar-refractivity contribution < 1.29 is 9.30 Å². The Bertz CT molecular complexity index is 1360. The molecule has 0 aliphatic carbocycles. The van der Waals surface area contributed by atoms with Crippen LogP contribution in [0.15, 0.2) is 42.6 Å². The van der Waals surface area contributed by atoms with Gasteiger partial charge in [-0.2, -0.15) is 0 Å². The number of nitrogens with zero attached hydrogens (tertiary/aromatic N) is 1. The average Bonchev–Trinajstić information content (AvgIpc) is 2.72. The predicted octanol–water partition coefficient (Wildman–Crippen LogP) is 7.53. The second-order valence-corrected chi connectivity index (χ2v) is 9.95. The molecule has 0 unspecified atom stereocenters. The summed E-state index contributed by atoms with van der Waals surface area (Å²) in [5.74, 6) is 3.13. The lowest BCUT2D eigenvalue weighted by Crippen LogP contribution is -2.32. The molecule has 2 heterocycles. The van der Waals surface area contributed by atoms with Gasteiger partial charge in [0.05, 0.1) is 10.9 Å². The second-order valence-electron chi connectivity index (χ2n) is 9.95. The van der Waals surface area contributed by atoms with Crippen LogP contribution in [0.5, 0.6) is 11.5 Å². The van der Waals surface area contributed by atoms with Gasteiger partial charge in [-0.3, -0.25) is 0 Å². The maximum Gasteiger partial charge on any atom is 0.228 e. The first-order valence-electron chi connectivity index (χ1n) is 11.5. The standard InChI is InChI=1S/C29H32NO/c1-16(2)12-20-13-22-10-11-30(7)28-26-18(5)24-15-21(17(3)4)8-9-23(24)19(6)29(26)31-25(14-20)27(22)28/h8-11,13-17H,12H2,1-7H3/q+1. The van der Waals surface area contributed by atoms with E-state index < -0.39 is 0 Å². The molecule has 1 aliphatic rings. The number of rotatable bonds is 3. The van der Waals surface area contributed by atoms with E-state index >= 15 is 0 Å². The summed E-state index contributed by atoms with van der Waals surface area (Å²) in [4.78, 5) is 0. The Morgan fingerprint density at radius 2 is 1.68 bits per heavy atom. The molecule has 31 heavy (non-hydrogen) atoms. The summed E-state index contributed by atoms with van der Waals surface area (Å²) in [6.07, 6.45) is 3.25. The molecule has 0 atom stereocenters. The van der Waals surface area contributed by atoms with Gasteiger partial charge in [-0.15, -0.1) is 0 Å². The summed E-state index contributed by atoms with van der Waals surface area (Å²) in [7, 11) is 2.15. The molecule has 0 spiro atoms. The van der Waals surface area contributed by atoms with Crippen molar-refractivity contribution in [1.29, 1.82) is 0 Å². The Balaban J connectivity index is 1.88. The Kier molecular flexibility index (Phi) is 4.58. The first-order valence-corrected chi connectivity index (χ1v) is 11.5. The van der Waals surface area contributed by atoms with Crippen LogP contribution in [0.2, 0.25) is 0 Å². The van der Waals surface area contributed by atoms with Gasteiger partial charge in [-0.25, -0.2) is 4.57 Å². The summed E-state index contributed by atoms with van der Waals surface area (Å²) in [5.41, 5.74) is 7.76. The molecule has 1 aliphatic heterocycles. The zero-order chi connectivity index (χ0) is 22.0. The van der Waals surface area contributed by atoms with Gasteiger partial charge in [-0.05, 0) is 71.0 Å². The number of hydrogen-bond acceptors (Lipinski definition) is 1. The van der Waals surface area contributed by atoms with Gasteiger partial charge >= 0.3 is 0 Å². The third kappa shape index (κ3) is 3.04. The topological polar surface area (TPSA) is 13.1 Å².